The zero-order chi connectivity index (χ0) is 8.77. The van der Waals surface area contributed by atoms with Crippen LogP contribution in [0.2, 0.25) is 0 Å². The molecule has 0 spiro atoms. The third-order valence-electron chi connectivity index (χ3n) is 3.20. The molecule has 1 atom stereocenters. The Morgan fingerprint density at radius 3 is 2.67 bits per heavy atom. The fraction of sp³-hybridized carbons (Fsp3) is 0.667. The molecule has 0 radical (unpaired) electrons. The Morgan fingerprint density at radius 1 is 1.25 bits per heavy atom. The second-order valence-electron chi connectivity index (χ2n) is 5.08. The van der Waals surface area contributed by atoms with E-state index in [1.807, 2.05) is 0 Å². The van der Waals surface area contributed by atoms with E-state index in [1.54, 1.807) is 11.1 Å². The average molecular weight is 162 g/mol. The van der Waals surface area contributed by atoms with Gasteiger partial charge in [0.15, 0.2) is 0 Å². The summed E-state index contributed by atoms with van der Waals surface area (Å²) < 4.78 is 0. The highest BCUT2D eigenvalue weighted by molar-refractivity contribution is 5.43. The van der Waals surface area contributed by atoms with Crippen molar-refractivity contribution in [1.29, 1.82) is 0 Å². The molecule has 1 fully saturated rings. The second-order valence-corrected chi connectivity index (χ2v) is 5.08. The zero-order valence-corrected chi connectivity index (χ0v) is 8.35. The Labute approximate surface area is 75.4 Å². The van der Waals surface area contributed by atoms with E-state index >= 15 is 0 Å². The molecule has 1 unspecified atom stereocenters. The van der Waals surface area contributed by atoms with E-state index < -0.39 is 0 Å². The number of hydrogen-bond donors (Lipinski definition) is 0. The highest BCUT2D eigenvalue weighted by Gasteiger charge is 2.34. The minimum Gasteiger partial charge on any atom is -0.0772 e. The minimum atomic E-state index is 0.464. The summed E-state index contributed by atoms with van der Waals surface area (Å²) in [4.78, 5) is 0. The van der Waals surface area contributed by atoms with Crippen LogP contribution in [0, 0.1) is 11.3 Å². The molecule has 0 bridgehead atoms. The van der Waals surface area contributed by atoms with Gasteiger partial charge in [-0.2, -0.15) is 0 Å². The number of hydrogen-bond acceptors (Lipinski definition) is 0. The quantitative estimate of drug-likeness (QED) is 0.509. The van der Waals surface area contributed by atoms with Crippen LogP contribution in [0.25, 0.3) is 0 Å². The zero-order valence-electron chi connectivity index (χ0n) is 8.35. The van der Waals surface area contributed by atoms with Gasteiger partial charge in [-0.25, -0.2) is 0 Å². The van der Waals surface area contributed by atoms with Gasteiger partial charge in [-0.3, -0.25) is 0 Å². The summed E-state index contributed by atoms with van der Waals surface area (Å²) in [5.41, 5.74) is 3.78. The molecule has 0 amide bonds. The topological polar surface area (TPSA) is 0 Å². The van der Waals surface area contributed by atoms with Crippen molar-refractivity contribution in [3.8, 4) is 0 Å². The molecule has 0 heterocycles. The third kappa shape index (κ3) is 1.14. The first-order valence-corrected chi connectivity index (χ1v) is 4.98. The van der Waals surface area contributed by atoms with Crippen LogP contribution < -0.4 is 0 Å². The fourth-order valence-corrected chi connectivity index (χ4v) is 2.54. The van der Waals surface area contributed by atoms with E-state index in [9.17, 15) is 0 Å². The maximum Gasteiger partial charge on any atom is -0.0111 e. The van der Waals surface area contributed by atoms with Gasteiger partial charge in [-0.05, 0) is 41.7 Å². The van der Waals surface area contributed by atoms with Gasteiger partial charge in [0, 0.05) is 0 Å². The smallest absolute Gasteiger partial charge is 0.0111 e. The number of fused-ring (bicyclic) bond motifs is 1. The summed E-state index contributed by atoms with van der Waals surface area (Å²) in [6, 6.07) is 0. The molecule has 0 heteroatoms. The van der Waals surface area contributed by atoms with Crippen molar-refractivity contribution in [2.45, 2.75) is 40.0 Å². The molecule has 0 aromatic heterocycles. The largest absolute Gasteiger partial charge is 0.0772 e. The van der Waals surface area contributed by atoms with Gasteiger partial charge in [-0.1, -0.05) is 32.9 Å². The average Bonchev–Trinajstić information content (AvgIpc) is 2.37. The van der Waals surface area contributed by atoms with Crippen molar-refractivity contribution >= 4 is 0 Å². The lowest BCUT2D eigenvalue weighted by Crippen LogP contribution is -2.18. The molecule has 0 nitrogen and oxygen atoms in total. The summed E-state index contributed by atoms with van der Waals surface area (Å²) in [5.74, 6) is 0.825. The van der Waals surface area contributed by atoms with Crippen LogP contribution in [0.4, 0.5) is 0 Å². The van der Waals surface area contributed by atoms with Crippen molar-refractivity contribution < 1.29 is 0 Å². The first kappa shape index (κ1) is 8.10. The monoisotopic (exact) mass is 162 g/mol. The van der Waals surface area contributed by atoms with Crippen molar-refractivity contribution in [1.82, 2.24) is 0 Å². The Bertz CT molecular complexity index is 248. The van der Waals surface area contributed by atoms with Crippen molar-refractivity contribution in [3.05, 3.63) is 23.3 Å². The van der Waals surface area contributed by atoms with Crippen LogP contribution in [0.1, 0.15) is 40.0 Å². The van der Waals surface area contributed by atoms with Crippen LogP contribution in [0.15, 0.2) is 23.3 Å². The summed E-state index contributed by atoms with van der Waals surface area (Å²) >= 11 is 0. The minimum absolute atomic E-state index is 0.464. The van der Waals surface area contributed by atoms with Crippen LogP contribution in [0.5, 0.6) is 0 Å². The van der Waals surface area contributed by atoms with E-state index in [2.05, 4.69) is 32.9 Å². The molecule has 12 heavy (non-hydrogen) atoms. The Balaban J connectivity index is 2.26. The van der Waals surface area contributed by atoms with Gasteiger partial charge in [-0.15, -0.1) is 0 Å². The lowest BCUT2D eigenvalue weighted by Gasteiger charge is -2.27. The predicted molar refractivity (Wildman–Crippen MR) is 53.0 cm³/mol. The normalized spacial score (nSPS) is 28.4. The van der Waals surface area contributed by atoms with Gasteiger partial charge >= 0.3 is 0 Å². The highest BCUT2D eigenvalue weighted by Crippen LogP contribution is 2.47. The SMILES string of the molecule is CC(C)(C)C1CCC2=CCC=C21. The lowest BCUT2D eigenvalue weighted by atomic mass is 9.77. The highest BCUT2D eigenvalue weighted by atomic mass is 14.4. The molecule has 0 N–H and O–H groups in total. The van der Waals surface area contributed by atoms with E-state index in [0.717, 1.165) is 5.92 Å². The molecule has 0 aromatic carbocycles. The molecule has 0 saturated heterocycles. The molecular weight excluding hydrogens is 144 g/mol. The maximum atomic E-state index is 2.43. The molecule has 0 aromatic rings. The van der Waals surface area contributed by atoms with Gasteiger partial charge in [0.2, 0.25) is 0 Å². The van der Waals surface area contributed by atoms with Crippen LogP contribution in [-0.2, 0) is 0 Å². The number of rotatable bonds is 0. The molecular formula is C12H18. The molecule has 66 valence electrons. The van der Waals surface area contributed by atoms with Gasteiger partial charge in [0.1, 0.15) is 0 Å². The van der Waals surface area contributed by atoms with Crippen LogP contribution >= 0.6 is 0 Å². The lowest BCUT2D eigenvalue weighted by molar-refractivity contribution is 0.285. The fourth-order valence-electron chi connectivity index (χ4n) is 2.54. The predicted octanol–water partition coefficient (Wildman–Crippen LogP) is 3.70. The maximum absolute atomic E-state index is 2.43. The Hall–Kier alpha value is -0.520. The van der Waals surface area contributed by atoms with Crippen LogP contribution in [0.3, 0.4) is 0 Å². The van der Waals surface area contributed by atoms with Gasteiger partial charge < -0.3 is 0 Å². The summed E-state index contributed by atoms with van der Waals surface area (Å²) in [6.45, 7) is 7.08. The first-order chi connectivity index (χ1) is 5.59. The third-order valence-corrected chi connectivity index (χ3v) is 3.20. The van der Waals surface area contributed by atoms with Crippen molar-refractivity contribution in [2.75, 3.05) is 0 Å². The van der Waals surface area contributed by atoms with E-state index in [-0.39, 0.29) is 0 Å². The van der Waals surface area contributed by atoms with E-state index in [1.165, 1.54) is 19.3 Å². The van der Waals surface area contributed by atoms with E-state index in [4.69, 9.17) is 0 Å². The molecule has 1 saturated carbocycles. The van der Waals surface area contributed by atoms with Crippen molar-refractivity contribution in [3.63, 3.8) is 0 Å². The van der Waals surface area contributed by atoms with Crippen LogP contribution in [-0.4, -0.2) is 0 Å². The second kappa shape index (κ2) is 2.48. The summed E-state index contributed by atoms with van der Waals surface area (Å²) in [6.07, 6.45) is 8.73. The van der Waals surface area contributed by atoms with Gasteiger partial charge in [0.25, 0.3) is 0 Å². The standard InChI is InChI=1S/C12H18/c1-12(2,3)11-8-7-9-5-4-6-10(9)11/h5-6,11H,4,7-8H2,1-3H3. The van der Waals surface area contributed by atoms with E-state index in [0.29, 0.717) is 5.41 Å². The Kier molecular flexibility index (Phi) is 1.67. The Morgan fingerprint density at radius 2 is 2.00 bits per heavy atom. The molecule has 2 aliphatic rings. The molecule has 0 aliphatic heterocycles. The molecule has 2 aliphatic carbocycles. The van der Waals surface area contributed by atoms with Crippen molar-refractivity contribution in [2.24, 2.45) is 11.3 Å². The number of allylic oxidation sites excluding steroid dienone is 4. The summed E-state index contributed by atoms with van der Waals surface area (Å²) in [7, 11) is 0. The first-order valence-electron chi connectivity index (χ1n) is 4.98. The summed E-state index contributed by atoms with van der Waals surface area (Å²) in [5, 5.41) is 0. The molecule has 2 rings (SSSR count). The van der Waals surface area contributed by atoms with Gasteiger partial charge in [0.05, 0.1) is 0 Å².